The van der Waals surface area contributed by atoms with E-state index in [0.29, 0.717) is 0 Å². The molecule has 0 unspecified atom stereocenters. The predicted molar refractivity (Wildman–Crippen MR) is 113 cm³/mol. The first-order valence-electron chi connectivity index (χ1n) is 8.93. The summed E-state index contributed by atoms with van der Waals surface area (Å²) in [5.41, 5.74) is 9.79. The smallest absolute Gasteiger partial charge is 0.0874 e. The largest absolute Gasteiger partial charge is 0.378 e. The summed E-state index contributed by atoms with van der Waals surface area (Å²) < 4.78 is 0. The minimum absolute atomic E-state index is 0.974. The van der Waals surface area contributed by atoms with Crippen LogP contribution in [0.5, 0.6) is 0 Å². The molecule has 1 heterocycles. The van der Waals surface area contributed by atoms with E-state index < -0.39 is 0 Å². The van der Waals surface area contributed by atoms with Crippen molar-refractivity contribution in [2.75, 3.05) is 24.0 Å². The molecule has 1 aliphatic carbocycles. The molecule has 0 amide bonds. The third-order valence-electron chi connectivity index (χ3n) is 4.49. The maximum absolute atomic E-state index is 3.35. The molecular formula is C24H21N3. The molecular weight excluding hydrogens is 330 g/mol. The molecule has 0 radical (unpaired) electrons. The normalized spacial score (nSPS) is 14.7. The summed E-state index contributed by atoms with van der Waals surface area (Å²) in [5.74, 6) is 6.63. The lowest BCUT2D eigenvalue weighted by atomic mass is 10.1. The summed E-state index contributed by atoms with van der Waals surface area (Å²) in [7, 11) is 4.07. The van der Waals surface area contributed by atoms with Gasteiger partial charge in [-0.3, -0.25) is 10.4 Å². The Morgan fingerprint density at radius 2 is 1.56 bits per heavy atom. The van der Waals surface area contributed by atoms with Crippen LogP contribution in [0.25, 0.3) is 0 Å². The van der Waals surface area contributed by atoms with Crippen molar-refractivity contribution in [2.24, 2.45) is 0 Å². The molecule has 4 rings (SSSR count). The van der Waals surface area contributed by atoms with Gasteiger partial charge in [0, 0.05) is 37.1 Å². The molecule has 27 heavy (non-hydrogen) atoms. The molecule has 3 nitrogen and oxygen atoms in total. The Balaban J connectivity index is 1.66. The van der Waals surface area contributed by atoms with Gasteiger partial charge in [-0.2, -0.15) is 0 Å². The maximum atomic E-state index is 3.35. The average molecular weight is 351 g/mol. The van der Waals surface area contributed by atoms with Crippen molar-refractivity contribution in [2.45, 2.75) is 0 Å². The molecule has 0 saturated carbocycles. The van der Waals surface area contributed by atoms with Crippen molar-refractivity contribution < 1.29 is 0 Å². The predicted octanol–water partition coefficient (Wildman–Crippen LogP) is 4.39. The quantitative estimate of drug-likeness (QED) is 0.810. The number of anilines is 2. The van der Waals surface area contributed by atoms with Crippen LogP contribution in [0.15, 0.2) is 102 Å². The fourth-order valence-corrected chi connectivity index (χ4v) is 3.06. The number of benzene rings is 2. The Bertz CT molecular complexity index is 997. The molecule has 0 fully saturated rings. The van der Waals surface area contributed by atoms with E-state index in [1.807, 2.05) is 38.5 Å². The van der Waals surface area contributed by atoms with Gasteiger partial charge in [-0.15, -0.1) is 0 Å². The highest BCUT2D eigenvalue weighted by Gasteiger charge is 2.23. The summed E-state index contributed by atoms with van der Waals surface area (Å²) >= 11 is 0. The lowest BCUT2D eigenvalue weighted by Crippen LogP contribution is -2.29. The molecule has 132 valence electrons. The zero-order valence-electron chi connectivity index (χ0n) is 15.5. The maximum Gasteiger partial charge on any atom is 0.0874 e. The topological polar surface area (TPSA) is 18.5 Å². The molecule has 2 aromatic carbocycles. The number of rotatable bonds is 2. The molecule has 0 saturated heterocycles. The zero-order valence-corrected chi connectivity index (χ0v) is 15.5. The zero-order chi connectivity index (χ0) is 18.6. The fraction of sp³-hybridized carbons (Fsp3) is 0.0833. The van der Waals surface area contributed by atoms with Crippen LogP contribution in [0.3, 0.4) is 0 Å². The minimum atomic E-state index is 0.974. The summed E-state index contributed by atoms with van der Waals surface area (Å²) in [6.45, 7) is 0. The second-order valence-corrected chi connectivity index (χ2v) is 6.57. The summed E-state index contributed by atoms with van der Waals surface area (Å²) in [5, 5.41) is 2.08. The standard InChI is InChI=1S/C24H21N3/c1-26(2)22-16-13-19(14-17-22)12-15-21-18-25-27(23-10-4-3-5-11-23)24(21)20-8-6-7-9-20/h3-11,13-14,16-18,25H,1-2H3. The van der Waals surface area contributed by atoms with Gasteiger partial charge in [0.15, 0.2) is 0 Å². The van der Waals surface area contributed by atoms with Crippen molar-refractivity contribution in [1.29, 1.82) is 0 Å². The fourth-order valence-electron chi connectivity index (χ4n) is 3.06. The van der Waals surface area contributed by atoms with E-state index in [1.165, 1.54) is 5.69 Å². The van der Waals surface area contributed by atoms with Crippen molar-refractivity contribution in [1.82, 2.24) is 5.43 Å². The molecule has 0 aromatic heterocycles. The van der Waals surface area contributed by atoms with Gasteiger partial charge in [0.1, 0.15) is 0 Å². The van der Waals surface area contributed by atoms with Crippen LogP contribution in [-0.2, 0) is 0 Å². The third kappa shape index (κ3) is 3.51. The average Bonchev–Trinajstić information content (AvgIpc) is 3.36. The number of hydrazine groups is 1. The monoisotopic (exact) mass is 351 g/mol. The Labute approximate surface area is 160 Å². The first-order chi connectivity index (χ1) is 13.2. The Kier molecular flexibility index (Phi) is 4.55. The van der Waals surface area contributed by atoms with E-state index in [0.717, 1.165) is 28.1 Å². The first-order valence-corrected chi connectivity index (χ1v) is 8.93. The lowest BCUT2D eigenvalue weighted by Gasteiger charge is -2.22. The Hall–Kier alpha value is -3.64. The van der Waals surface area contributed by atoms with Crippen LogP contribution in [0.1, 0.15) is 5.56 Å². The molecule has 1 aliphatic heterocycles. The number of allylic oxidation sites excluding steroid dienone is 6. The van der Waals surface area contributed by atoms with Gasteiger partial charge in [0.25, 0.3) is 0 Å². The van der Waals surface area contributed by atoms with Gasteiger partial charge >= 0.3 is 0 Å². The molecule has 2 aromatic rings. The van der Waals surface area contributed by atoms with Gasteiger partial charge in [-0.1, -0.05) is 54.3 Å². The highest BCUT2D eigenvalue weighted by atomic mass is 15.5. The molecule has 2 aliphatic rings. The SMILES string of the molecule is CN(C)c1ccc(C#CC2=CNN(c3ccccc3)C2=C2C=CC=C2)cc1. The molecule has 3 heteroatoms. The number of hydrogen-bond donors (Lipinski definition) is 1. The number of nitrogens with one attached hydrogen (secondary N) is 1. The van der Waals surface area contributed by atoms with Crippen molar-refractivity contribution in [3.63, 3.8) is 0 Å². The lowest BCUT2D eigenvalue weighted by molar-refractivity contribution is 0.888. The first kappa shape index (κ1) is 16.8. The van der Waals surface area contributed by atoms with Crippen LogP contribution >= 0.6 is 0 Å². The van der Waals surface area contributed by atoms with Gasteiger partial charge < -0.3 is 4.90 Å². The van der Waals surface area contributed by atoms with Gasteiger partial charge in [-0.25, -0.2) is 0 Å². The second-order valence-electron chi connectivity index (χ2n) is 6.57. The third-order valence-corrected chi connectivity index (χ3v) is 4.49. The van der Waals surface area contributed by atoms with Gasteiger partial charge in [0.05, 0.1) is 17.0 Å². The van der Waals surface area contributed by atoms with E-state index in [4.69, 9.17) is 0 Å². The van der Waals surface area contributed by atoms with E-state index in [1.54, 1.807) is 0 Å². The second kappa shape index (κ2) is 7.31. The number of para-hydroxylation sites is 1. The van der Waals surface area contributed by atoms with Gasteiger partial charge in [-0.05, 0) is 36.4 Å². The van der Waals surface area contributed by atoms with E-state index in [9.17, 15) is 0 Å². The Morgan fingerprint density at radius 1 is 0.852 bits per heavy atom. The van der Waals surface area contributed by atoms with Crippen molar-refractivity contribution >= 4 is 11.4 Å². The van der Waals surface area contributed by atoms with Crippen LogP contribution in [0.2, 0.25) is 0 Å². The van der Waals surface area contributed by atoms with Crippen LogP contribution in [0, 0.1) is 11.8 Å². The van der Waals surface area contributed by atoms with Gasteiger partial charge in [0.2, 0.25) is 0 Å². The molecule has 0 bridgehead atoms. The van der Waals surface area contributed by atoms with Crippen LogP contribution < -0.4 is 15.3 Å². The summed E-state index contributed by atoms with van der Waals surface area (Å²) in [4.78, 5) is 2.08. The molecule has 0 spiro atoms. The van der Waals surface area contributed by atoms with Crippen molar-refractivity contribution in [3.8, 4) is 11.8 Å². The minimum Gasteiger partial charge on any atom is -0.378 e. The molecule has 0 atom stereocenters. The number of hydrogen-bond acceptors (Lipinski definition) is 3. The molecule has 1 N–H and O–H groups in total. The summed E-state index contributed by atoms with van der Waals surface area (Å²) in [6.07, 6.45) is 10.3. The van der Waals surface area contributed by atoms with E-state index >= 15 is 0 Å². The van der Waals surface area contributed by atoms with Crippen LogP contribution in [0.4, 0.5) is 11.4 Å². The highest BCUT2D eigenvalue weighted by molar-refractivity contribution is 5.68. The summed E-state index contributed by atoms with van der Waals surface area (Å²) in [6, 6.07) is 18.6. The van der Waals surface area contributed by atoms with Crippen LogP contribution in [-0.4, -0.2) is 14.1 Å². The van der Waals surface area contributed by atoms with E-state index in [-0.39, 0.29) is 0 Å². The highest BCUT2D eigenvalue weighted by Crippen LogP contribution is 2.30. The van der Waals surface area contributed by atoms with Crippen molar-refractivity contribution in [3.05, 3.63) is 108 Å². The van der Waals surface area contributed by atoms with E-state index in [2.05, 4.69) is 87.9 Å². The Morgan fingerprint density at radius 3 is 2.22 bits per heavy atom. The number of nitrogens with zero attached hydrogens (tertiary/aromatic N) is 2.